The van der Waals surface area contributed by atoms with E-state index in [-0.39, 0.29) is 0 Å². The number of anilines is 3. The number of halogens is 1. The summed E-state index contributed by atoms with van der Waals surface area (Å²) in [5.41, 5.74) is 6.93. The molecule has 5 aromatic rings. The second-order valence-corrected chi connectivity index (χ2v) is 9.41. The monoisotopic (exact) mass is 523 g/mol. The van der Waals surface area contributed by atoms with Gasteiger partial charge in [-0.2, -0.15) is 0 Å². The van der Waals surface area contributed by atoms with Crippen LogP contribution in [0.3, 0.4) is 0 Å². The number of nitrogens with zero attached hydrogens (tertiary/aromatic N) is 3. The van der Waals surface area contributed by atoms with Crippen LogP contribution >= 0.6 is 15.9 Å². The summed E-state index contributed by atoms with van der Waals surface area (Å²) in [7, 11) is 0. The van der Waals surface area contributed by atoms with Crippen molar-refractivity contribution in [3.8, 4) is 0 Å². The summed E-state index contributed by atoms with van der Waals surface area (Å²) >= 11 is 3.61. The first kappa shape index (κ1) is 22.9. The van der Waals surface area contributed by atoms with Crippen molar-refractivity contribution in [2.75, 3.05) is 9.80 Å². The molecule has 35 heavy (non-hydrogen) atoms. The second-order valence-electron chi connectivity index (χ2n) is 8.50. The highest BCUT2D eigenvalue weighted by Gasteiger charge is 2.25. The lowest BCUT2D eigenvalue weighted by atomic mass is 10.1. The molecule has 0 unspecified atom stereocenters. The Morgan fingerprint density at radius 3 is 2.09 bits per heavy atom. The summed E-state index contributed by atoms with van der Waals surface area (Å²) in [5, 5.41) is 9.56. The number of benzene rings is 4. The highest BCUT2D eigenvalue weighted by atomic mass is 79.9. The molecule has 1 heterocycles. The van der Waals surface area contributed by atoms with Crippen LogP contribution in [-0.2, 0) is 6.54 Å². The topological polar surface area (TPSA) is 59.0 Å². The minimum absolute atomic E-state index is 0.340. The molecule has 0 aliphatic rings. The highest BCUT2D eigenvalue weighted by molar-refractivity contribution is 9.10. The number of imidazole rings is 1. The molecule has 0 spiro atoms. The predicted octanol–water partition coefficient (Wildman–Crippen LogP) is 7.72. The lowest BCUT2D eigenvalue weighted by Gasteiger charge is -2.35. The van der Waals surface area contributed by atoms with Crippen molar-refractivity contribution in [2.24, 2.45) is 0 Å². The number of fused-ring (bicyclic) bond motifs is 1. The van der Waals surface area contributed by atoms with Gasteiger partial charge in [-0.3, -0.25) is 10.3 Å². The van der Waals surface area contributed by atoms with Crippen molar-refractivity contribution in [1.82, 2.24) is 9.97 Å². The first-order chi connectivity index (χ1) is 17.0. The van der Waals surface area contributed by atoms with Crippen LogP contribution < -0.4 is 9.80 Å². The van der Waals surface area contributed by atoms with E-state index in [0.717, 1.165) is 49.5 Å². The average molecular weight is 524 g/mol. The van der Waals surface area contributed by atoms with Crippen molar-refractivity contribution in [2.45, 2.75) is 20.4 Å². The summed E-state index contributed by atoms with van der Waals surface area (Å²) in [6.07, 6.45) is 0. The molecule has 5 rings (SSSR count). The van der Waals surface area contributed by atoms with Gasteiger partial charge in [0.05, 0.1) is 29.0 Å². The van der Waals surface area contributed by atoms with E-state index < -0.39 is 0 Å². The molecule has 6 heteroatoms. The van der Waals surface area contributed by atoms with Gasteiger partial charge in [0.25, 0.3) is 0 Å². The van der Waals surface area contributed by atoms with Crippen molar-refractivity contribution in [1.29, 1.82) is 5.41 Å². The van der Waals surface area contributed by atoms with E-state index >= 15 is 0 Å². The number of aromatic nitrogens is 2. The average Bonchev–Trinajstić information content (AvgIpc) is 3.27. The number of H-pyrrole nitrogens is 1. The predicted molar refractivity (Wildman–Crippen MR) is 149 cm³/mol. The second kappa shape index (κ2) is 9.76. The van der Waals surface area contributed by atoms with Crippen molar-refractivity contribution < 1.29 is 0 Å². The lowest BCUT2D eigenvalue weighted by molar-refractivity contribution is 0.905. The van der Waals surface area contributed by atoms with Gasteiger partial charge in [0, 0.05) is 10.2 Å². The number of hydrogen-bond acceptors (Lipinski definition) is 2. The van der Waals surface area contributed by atoms with Crippen molar-refractivity contribution >= 4 is 50.0 Å². The molecule has 0 bridgehead atoms. The van der Waals surface area contributed by atoms with E-state index in [1.807, 2.05) is 82.6 Å². The Balaban J connectivity index is 1.64. The Hall–Kier alpha value is -3.90. The molecule has 0 radical (unpaired) electrons. The van der Waals surface area contributed by atoms with Crippen LogP contribution in [0.5, 0.6) is 0 Å². The lowest BCUT2D eigenvalue weighted by Crippen LogP contribution is -2.42. The summed E-state index contributed by atoms with van der Waals surface area (Å²) < 4.78 is 0.954. The normalized spacial score (nSPS) is 10.9. The van der Waals surface area contributed by atoms with Gasteiger partial charge < -0.3 is 9.88 Å². The number of aromatic amines is 1. The van der Waals surface area contributed by atoms with Crippen LogP contribution in [-0.4, -0.2) is 15.9 Å². The molecule has 1 aromatic heterocycles. The Morgan fingerprint density at radius 1 is 0.829 bits per heavy atom. The third kappa shape index (κ3) is 4.70. The number of guanidine groups is 1. The minimum atomic E-state index is 0.340. The van der Waals surface area contributed by atoms with E-state index in [2.05, 4.69) is 59.0 Å². The van der Waals surface area contributed by atoms with Crippen LogP contribution in [0.1, 0.15) is 17.0 Å². The molecule has 0 saturated carbocycles. The SMILES string of the molecule is Cc1ccccc1N(C(=N)N(Cc1nc2ccccc2[nH]1)c1cccc(Br)c1)c1ccccc1C. The van der Waals surface area contributed by atoms with E-state index in [0.29, 0.717) is 12.5 Å². The number of para-hydroxylation sites is 4. The zero-order valence-electron chi connectivity index (χ0n) is 19.7. The third-order valence-corrected chi connectivity index (χ3v) is 6.54. The van der Waals surface area contributed by atoms with E-state index in [9.17, 15) is 5.41 Å². The molecular weight excluding hydrogens is 498 g/mol. The van der Waals surface area contributed by atoms with Gasteiger partial charge >= 0.3 is 0 Å². The molecule has 0 aliphatic carbocycles. The molecule has 0 saturated heterocycles. The van der Waals surface area contributed by atoms with E-state index in [4.69, 9.17) is 4.98 Å². The molecule has 0 aliphatic heterocycles. The van der Waals surface area contributed by atoms with Crippen molar-refractivity contribution in [3.05, 3.63) is 118 Å². The zero-order valence-corrected chi connectivity index (χ0v) is 21.3. The number of aryl methyl sites for hydroxylation is 2. The Kier molecular flexibility index (Phi) is 6.38. The fraction of sp³-hybridized carbons (Fsp3) is 0.103. The minimum Gasteiger partial charge on any atom is -0.340 e. The van der Waals surface area contributed by atoms with E-state index in [1.165, 1.54) is 0 Å². The number of nitrogens with one attached hydrogen (secondary N) is 2. The van der Waals surface area contributed by atoms with Crippen LogP contribution in [0.25, 0.3) is 11.0 Å². The fourth-order valence-electron chi connectivity index (χ4n) is 4.27. The first-order valence-corrected chi connectivity index (χ1v) is 12.3. The summed E-state index contributed by atoms with van der Waals surface area (Å²) in [4.78, 5) is 12.2. The third-order valence-electron chi connectivity index (χ3n) is 6.05. The molecule has 0 amide bonds. The highest BCUT2D eigenvalue weighted by Crippen LogP contribution is 2.33. The molecule has 5 nitrogen and oxygen atoms in total. The van der Waals surface area contributed by atoms with Crippen LogP contribution in [0, 0.1) is 19.3 Å². The quantitative estimate of drug-likeness (QED) is 0.183. The van der Waals surface area contributed by atoms with Crippen LogP contribution in [0.2, 0.25) is 0 Å². The van der Waals surface area contributed by atoms with Gasteiger partial charge in [-0.1, -0.05) is 70.5 Å². The molecule has 0 atom stereocenters. The smallest absolute Gasteiger partial charge is 0.208 e. The van der Waals surface area contributed by atoms with Gasteiger partial charge in [0.1, 0.15) is 5.82 Å². The Labute approximate surface area is 213 Å². The molecule has 0 fully saturated rings. The number of rotatable bonds is 5. The zero-order chi connectivity index (χ0) is 24.4. The van der Waals surface area contributed by atoms with Gasteiger partial charge in [0.2, 0.25) is 5.96 Å². The largest absolute Gasteiger partial charge is 0.340 e. The summed E-state index contributed by atoms with van der Waals surface area (Å²) in [5.74, 6) is 1.14. The Morgan fingerprint density at radius 2 is 1.46 bits per heavy atom. The maximum atomic E-state index is 9.56. The van der Waals surface area contributed by atoms with Gasteiger partial charge in [-0.15, -0.1) is 0 Å². The maximum absolute atomic E-state index is 9.56. The Bertz CT molecular complexity index is 1430. The van der Waals surface area contributed by atoms with Crippen LogP contribution in [0.15, 0.2) is 102 Å². The van der Waals surface area contributed by atoms with Gasteiger partial charge in [0.15, 0.2) is 0 Å². The molecular formula is C29H26BrN5. The first-order valence-electron chi connectivity index (χ1n) is 11.5. The summed E-state index contributed by atoms with van der Waals surface area (Å²) in [6.45, 7) is 4.57. The molecule has 2 N–H and O–H groups in total. The number of hydrogen-bond donors (Lipinski definition) is 2. The fourth-order valence-corrected chi connectivity index (χ4v) is 4.66. The molecule has 174 valence electrons. The van der Waals surface area contributed by atoms with Crippen LogP contribution in [0.4, 0.5) is 17.1 Å². The maximum Gasteiger partial charge on any atom is 0.208 e. The standard InChI is InChI=1S/C29H26BrN5/c1-20-10-3-7-16-26(20)35(27-17-8-4-11-21(27)2)29(31)34(23-13-9-12-22(30)18-23)19-28-32-24-14-5-6-15-25(24)33-28/h3-18,31H,19H2,1-2H3,(H,32,33). The summed E-state index contributed by atoms with van der Waals surface area (Å²) in [6, 6.07) is 32.4. The van der Waals surface area contributed by atoms with Gasteiger partial charge in [-0.05, 0) is 67.4 Å². The molecule has 4 aromatic carbocycles. The van der Waals surface area contributed by atoms with Gasteiger partial charge in [-0.25, -0.2) is 4.98 Å². The van der Waals surface area contributed by atoms with E-state index in [1.54, 1.807) is 0 Å². The van der Waals surface area contributed by atoms with Crippen molar-refractivity contribution in [3.63, 3.8) is 0 Å².